The Morgan fingerprint density at radius 3 is 1.68 bits per heavy atom. The molecule has 0 spiro atoms. The second-order valence-electron chi connectivity index (χ2n) is 31.4. The first-order valence-electron chi connectivity index (χ1n) is 33.0. The maximum atomic E-state index is 2.88. The lowest BCUT2D eigenvalue weighted by atomic mass is 9.33. The van der Waals surface area contributed by atoms with Crippen LogP contribution in [0.2, 0.25) is 0 Å². The van der Waals surface area contributed by atoms with Gasteiger partial charge in [-0.2, -0.15) is 0 Å². The number of hydrogen-bond acceptors (Lipinski definition) is 5. The molecule has 0 N–H and O–H groups in total. The minimum atomic E-state index is -0.195. The Labute approximate surface area is 528 Å². The fourth-order valence-corrected chi connectivity index (χ4v) is 18.9. The first-order chi connectivity index (χ1) is 42.0. The highest BCUT2D eigenvalue weighted by Crippen LogP contribution is 2.63. The van der Waals surface area contributed by atoms with Crippen LogP contribution in [0.3, 0.4) is 0 Å². The molecular formula is C82H85BN4S. The van der Waals surface area contributed by atoms with Gasteiger partial charge in [-0.25, -0.2) is 0 Å². The van der Waals surface area contributed by atoms with E-state index in [1.165, 1.54) is 135 Å². The molecule has 16 rings (SSSR count). The second-order valence-corrected chi connectivity index (χ2v) is 32.4. The summed E-state index contributed by atoms with van der Waals surface area (Å²) in [7, 11) is 0. The van der Waals surface area contributed by atoms with E-state index in [9.17, 15) is 0 Å². The van der Waals surface area contributed by atoms with Crippen LogP contribution in [0.4, 0.5) is 62.6 Å². The van der Waals surface area contributed by atoms with E-state index in [4.69, 9.17) is 0 Å². The van der Waals surface area contributed by atoms with Crippen molar-refractivity contribution in [3.8, 4) is 0 Å². The van der Waals surface area contributed by atoms with Crippen LogP contribution in [0.1, 0.15) is 175 Å². The van der Waals surface area contributed by atoms with Gasteiger partial charge in [0.05, 0.1) is 15.9 Å². The molecule has 6 aliphatic rings. The van der Waals surface area contributed by atoms with E-state index in [2.05, 4.69) is 292 Å². The Hall–Kier alpha value is -7.54. The number of para-hydroxylation sites is 2. The van der Waals surface area contributed by atoms with Crippen LogP contribution >= 0.6 is 11.3 Å². The van der Waals surface area contributed by atoms with E-state index in [0.29, 0.717) is 0 Å². The average molecular weight is 1170 g/mol. The summed E-state index contributed by atoms with van der Waals surface area (Å²) in [5.74, 6) is 0. The molecule has 2 atom stereocenters. The molecule has 0 radical (unpaired) electrons. The second kappa shape index (κ2) is 19.0. The third kappa shape index (κ3) is 8.01. The summed E-state index contributed by atoms with van der Waals surface area (Å²) in [6.07, 6.45) is 9.34. The van der Waals surface area contributed by atoms with E-state index >= 15 is 0 Å². The molecule has 3 aliphatic heterocycles. The SMILES string of the molecule is CC(C)(C)c1ccc2c(c1)C1(C)CCCCC1(C)N2c1cc2c3c(c1)N(c1cccc4c1sc1ccccc14)c1cc(N(c4ccccc4)c4ccccc4)ccc1B3c1cc3c(cc1N2c1ccc2c(c1)C(C)(C)CCC2(C)C)C(C)(C)CCC3(C)C. The molecule has 9 aromatic carbocycles. The van der Waals surface area contributed by atoms with E-state index in [1.807, 2.05) is 11.3 Å². The molecule has 1 saturated carbocycles. The van der Waals surface area contributed by atoms with Crippen LogP contribution < -0.4 is 36.0 Å². The maximum absolute atomic E-state index is 2.88. The number of thiophene rings is 1. The lowest BCUT2D eigenvalue weighted by Crippen LogP contribution is -2.62. The molecule has 1 fully saturated rings. The van der Waals surface area contributed by atoms with Gasteiger partial charge < -0.3 is 19.6 Å². The predicted octanol–water partition coefficient (Wildman–Crippen LogP) is 21.3. The lowest BCUT2D eigenvalue weighted by molar-refractivity contribution is 0.195. The summed E-state index contributed by atoms with van der Waals surface area (Å²) in [5.41, 5.74) is 26.4. The number of hydrogen-bond donors (Lipinski definition) is 0. The van der Waals surface area contributed by atoms with Crippen LogP contribution in [-0.4, -0.2) is 12.3 Å². The summed E-state index contributed by atoms with van der Waals surface area (Å²) < 4.78 is 2.62. The summed E-state index contributed by atoms with van der Waals surface area (Å²) in [5, 5.41) is 2.61. The van der Waals surface area contributed by atoms with Gasteiger partial charge in [-0.15, -0.1) is 11.3 Å². The molecule has 3 aliphatic carbocycles. The van der Waals surface area contributed by atoms with Gasteiger partial charge in [-0.05, 0) is 207 Å². The Balaban J connectivity index is 1.07. The molecule has 10 aromatic rings. The number of benzene rings is 9. The van der Waals surface area contributed by atoms with Gasteiger partial charge in [0, 0.05) is 77.8 Å². The van der Waals surface area contributed by atoms with Gasteiger partial charge in [0.15, 0.2) is 0 Å². The third-order valence-corrected chi connectivity index (χ3v) is 24.5. The minimum Gasteiger partial charge on any atom is -0.334 e. The van der Waals surface area contributed by atoms with Crippen molar-refractivity contribution in [3.05, 3.63) is 215 Å². The molecule has 0 saturated heterocycles. The lowest BCUT2D eigenvalue weighted by Gasteiger charge is -2.51. The summed E-state index contributed by atoms with van der Waals surface area (Å²) in [6, 6.07) is 71.8. The van der Waals surface area contributed by atoms with Crippen molar-refractivity contribution in [2.45, 2.75) is 179 Å². The van der Waals surface area contributed by atoms with Gasteiger partial charge >= 0.3 is 0 Å². The molecule has 4 heterocycles. The van der Waals surface area contributed by atoms with E-state index in [0.717, 1.165) is 49.2 Å². The first kappa shape index (κ1) is 55.8. The predicted molar refractivity (Wildman–Crippen MR) is 380 cm³/mol. The van der Waals surface area contributed by atoms with Crippen LogP contribution in [0, 0.1) is 0 Å². The van der Waals surface area contributed by atoms with Crippen molar-refractivity contribution >= 4 is 117 Å². The van der Waals surface area contributed by atoms with Gasteiger partial charge in [0.2, 0.25) is 0 Å². The minimum absolute atomic E-state index is 0.00667. The van der Waals surface area contributed by atoms with Gasteiger partial charge in [0.25, 0.3) is 6.71 Å². The summed E-state index contributed by atoms with van der Waals surface area (Å²) in [4.78, 5) is 10.9. The number of rotatable bonds is 6. The normalized spacial score (nSPS) is 21.5. The molecule has 88 heavy (non-hydrogen) atoms. The highest BCUT2D eigenvalue weighted by Gasteiger charge is 2.59. The molecule has 1 aromatic heterocycles. The zero-order valence-electron chi connectivity index (χ0n) is 54.3. The van der Waals surface area contributed by atoms with Crippen LogP contribution in [0.15, 0.2) is 182 Å². The van der Waals surface area contributed by atoms with Gasteiger partial charge in [-0.1, -0.05) is 193 Å². The van der Waals surface area contributed by atoms with Crippen molar-refractivity contribution in [1.29, 1.82) is 0 Å². The fraction of sp³-hybridized carbons (Fsp3) is 0.341. The summed E-state index contributed by atoms with van der Waals surface area (Å²) >= 11 is 1.94. The first-order valence-corrected chi connectivity index (χ1v) is 33.8. The van der Waals surface area contributed by atoms with Crippen molar-refractivity contribution in [3.63, 3.8) is 0 Å². The zero-order chi connectivity index (χ0) is 60.8. The van der Waals surface area contributed by atoms with Crippen molar-refractivity contribution in [2.75, 3.05) is 19.6 Å². The van der Waals surface area contributed by atoms with Crippen LogP contribution in [-0.2, 0) is 32.5 Å². The highest BCUT2D eigenvalue weighted by atomic mass is 32.1. The standard InChI is InChI=1S/C82H85BN4S/c1-76(2,3)52-33-38-67-64(45-52)81(12)39-22-23-40-82(81,13)87(67)57-48-71-74-72(49-57)86(68-31-24-30-59-58-29-20-21-32-73(58)88-75(59)68)69-47-56(84(53-25-16-14-17-26-53)54-27-18-15-19-28-54)35-37-65(69)83(74)66-50-62-63(80(10,11)44-43-79(62,8)9)51-70(66)85(71)55-34-36-60-61(46-55)78(6,7)42-41-77(60,4)5/h14-21,24-38,45-51H,22-23,39-44H2,1-13H3. The molecule has 0 bridgehead atoms. The number of fused-ring (bicyclic) bond motifs is 12. The average Bonchev–Trinajstić information content (AvgIpc) is 1.02. The molecule has 442 valence electrons. The Morgan fingerprint density at radius 2 is 1.00 bits per heavy atom. The summed E-state index contributed by atoms with van der Waals surface area (Å²) in [6.45, 7) is 32.3. The van der Waals surface area contributed by atoms with Crippen molar-refractivity contribution in [1.82, 2.24) is 0 Å². The van der Waals surface area contributed by atoms with E-state index in [-0.39, 0.29) is 44.7 Å². The van der Waals surface area contributed by atoms with Crippen molar-refractivity contribution < 1.29 is 0 Å². The van der Waals surface area contributed by atoms with Crippen LogP contribution in [0.25, 0.3) is 20.2 Å². The largest absolute Gasteiger partial charge is 0.334 e. The number of anilines is 11. The number of nitrogens with zero attached hydrogens (tertiary/aromatic N) is 4. The molecular weight excluding hydrogens is 1080 g/mol. The molecule has 2 unspecified atom stereocenters. The Kier molecular flexibility index (Phi) is 12.0. The molecule has 4 nitrogen and oxygen atoms in total. The van der Waals surface area contributed by atoms with Crippen molar-refractivity contribution in [2.24, 2.45) is 0 Å². The van der Waals surface area contributed by atoms with Gasteiger partial charge in [-0.3, -0.25) is 0 Å². The Morgan fingerprint density at radius 1 is 0.409 bits per heavy atom. The molecule has 0 amide bonds. The third-order valence-electron chi connectivity index (χ3n) is 23.2. The zero-order valence-corrected chi connectivity index (χ0v) is 55.1. The van der Waals surface area contributed by atoms with E-state index < -0.39 is 0 Å². The Bertz CT molecular complexity index is 4480. The fourth-order valence-electron chi connectivity index (χ4n) is 17.7. The van der Waals surface area contributed by atoms with Crippen LogP contribution in [0.5, 0.6) is 0 Å². The maximum Gasteiger partial charge on any atom is 0.252 e. The smallest absolute Gasteiger partial charge is 0.252 e. The van der Waals surface area contributed by atoms with Gasteiger partial charge in [0.1, 0.15) is 0 Å². The monoisotopic (exact) mass is 1170 g/mol. The topological polar surface area (TPSA) is 13.0 Å². The molecule has 6 heteroatoms. The van der Waals surface area contributed by atoms with E-state index in [1.54, 1.807) is 0 Å². The highest BCUT2D eigenvalue weighted by molar-refractivity contribution is 7.26. The quantitative estimate of drug-likeness (QED) is 0.154.